The molecule has 0 spiro atoms. The van der Waals surface area contributed by atoms with Crippen molar-refractivity contribution in [1.82, 2.24) is 4.90 Å². The summed E-state index contributed by atoms with van der Waals surface area (Å²) in [6.45, 7) is 6.87. The summed E-state index contributed by atoms with van der Waals surface area (Å²) < 4.78 is 0. The molecule has 0 saturated heterocycles. The van der Waals surface area contributed by atoms with E-state index in [1.54, 1.807) is 6.07 Å². The molecule has 0 radical (unpaired) electrons. The fraction of sp³-hybridized carbons (Fsp3) is 0.500. The molecule has 4 heteroatoms. The molecule has 0 aromatic heterocycles. The lowest BCUT2D eigenvalue weighted by molar-refractivity contribution is -0.120. The van der Waals surface area contributed by atoms with E-state index in [1.165, 1.54) is 0 Å². The molecular weight excluding hydrogens is 226 g/mol. The average molecular weight is 249 g/mol. The Morgan fingerprint density at radius 2 is 2.17 bits per heavy atom. The van der Waals surface area contributed by atoms with Crippen LogP contribution in [0.4, 0.5) is 11.4 Å². The Morgan fingerprint density at radius 1 is 1.50 bits per heavy atom. The highest BCUT2D eigenvalue weighted by Crippen LogP contribution is 2.18. The number of benzene rings is 1. The zero-order valence-electron chi connectivity index (χ0n) is 11.7. The Kier molecular flexibility index (Phi) is 5.16. The van der Waals surface area contributed by atoms with Crippen LogP contribution in [0.15, 0.2) is 18.2 Å². The van der Waals surface area contributed by atoms with E-state index in [2.05, 4.69) is 12.2 Å². The van der Waals surface area contributed by atoms with Crippen LogP contribution >= 0.6 is 0 Å². The summed E-state index contributed by atoms with van der Waals surface area (Å²) in [6, 6.07) is 5.38. The van der Waals surface area contributed by atoms with Crippen molar-refractivity contribution in [3.63, 3.8) is 0 Å². The first-order valence-electron chi connectivity index (χ1n) is 6.33. The third-order valence-corrected chi connectivity index (χ3v) is 3.14. The highest BCUT2D eigenvalue weighted by Gasteiger charge is 2.17. The van der Waals surface area contributed by atoms with Crippen LogP contribution in [0.2, 0.25) is 0 Å². The van der Waals surface area contributed by atoms with Crippen LogP contribution in [0.25, 0.3) is 0 Å². The number of nitrogens with zero attached hydrogens (tertiary/aromatic N) is 1. The van der Waals surface area contributed by atoms with Crippen LogP contribution in [0.5, 0.6) is 0 Å². The van der Waals surface area contributed by atoms with Gasteiger partial charge in [-0.15, -0.1) is 0 Å². The molecular formula is C14H23N3O. The van der Waals surface area contributed by atoms with Gasteiger partial charge in [-0.3, -0.25) is 9.69 Å². The van der Waals surface area contributed by atoms with Crippen molar-refractivity contribution in [2.75, 3.05) is 24.6 Å². The van der Waals surface area contributed by atoms with E-state index < -0.39 is 0 Å². The molecule has 1 amide bonds. The van der Waals surface area contributed by atoms with Gasteiger partial charge >= 0.3 is 0 Å². The predicted molar refractivity (Wildman–Crippen MR) is 76.6 cm³/mol. The molecule has 0 aliphatic carbocycles. The summed E-state index contributed by atoms with van der Waals surface area (Å²) in [4.78, 5) is 14.1. The highest BCUT2D eigenvalue weighted by atomic mass is 16.2. The van der Waals surface area contributed by atoms with Gasteiger partial charge in [0, 0.05) is 11.4 Å². The van der Waals surface area contributed by atoms with Crippen LogP contribution in [-0.4, -0.2) is 30.4 Å². The minimum atomic E-state index is -0.147. The van der Waals surface area contributed by atoms with Crippen LogP contribution in [0, 0.1) is 6.92 Å². The average Bonchev–Trinajstić information content (AvgIpc) is 2.33. The maximum Gasteiger partial charge on any atom is 0.241 e. The monoisotopic (exact) mass is 249 g/mol. The van der Waals surface area contributed by atoms with Crippen molar-refractivity contribution < 1.29 is 4.79 Å². The molecule has 100 valence electrons. The number of nitrogen functional groups attached to an aromatic ring is 1. The van der Waals surface area contributed by atoms with Crippen LogP contribution in [-0.2, 0) is 4.79 Å². The van der Waals surface area contributed by atoms with Crippen LogP contribution in [0.1, 0.15) is 25.8 Å². The molecule has 1 unspecified atom stereocenters. The number of hydrogen-bond donors (Lipinski definition) is 2. The lowest BCUT2D eigenvalue weighted by atomic mass is 10.1. The van der Waals surface area contributed by atoms with Gasteiger partial charge in [0.2, 0.25) is 5.91 Å². The number of rotatable bonds is 5. The van der Waals surface area contributed by atoms with E-state index in [-0.39, 0.29) is 11.9 Å². The maximum absolute atomic E-state index is 12.1. The minimum absolute atomic E-state index is 0.000324. The number of carbonyl (C=O) groups is 1. The molecule has 18 heavy (non-hydrogen) atoms. The Labute approximate surface area is 109 Å². The first kappa shape index (κ1) is 14.5. The first-order chi connectivity index (χ1) is 8.45. The number of amides is 1. The fourth-order valence-corrected chi connectivity index (χ4v) is 1.76. The zero-order valence-corrected chi connectivity index (χ0v) is 11.7. The Hall–Kier alpha value is -1.55. The second-order valence-electron chi connectivity index (χ2n) is 4.72. The molecule has 1 atom stereocenters. The van der Waals surface area contributed by atoms with Gasteiger partial charge in [-0.2, -0.15) is 0 Å². The molecule has 1 aromatic carbocycles. The van der Waals surface area contributed by atoms with Crippen LogP contribution in [0.3, 0.4) is 0 Å². The highest BCUT2D eigenvalue weighted by molar-refractivity contribution is 5.95. The molecule has 0 saturated carbocycles. The predicted octanol–water partition coefficient (Wildman–Crippen LogP) is 2.25. The van der Waals surface area contributed by atoms with Crippen molar-refractivity contribution in [1.29, 1.82) is 0 Å². The van der Waals surface area contributed by atoms with E-state index >= 15 is 0 Å². The summed E-state index contributed by atoms with van der Waals surface area (Å²) >= 11 is 0. The lowest BCUT2D eigenvalue weighted by Gasteiger charge is -2.23. The Bertz CT molecular complexity index is 418. The quantitative estimate of drug-likeness (QED) is 0.787. The maximum atomic E-state index is 12.1. The van der Waals surface area contributed by atoms with E-state index in [0.717, 1.165) is 24.2 Å². The van der Waals surface area contributed by atoms with Gasteiger partial charge in [0.25, 0.3) is 0 Å². The smallest absolute Gasteiger partial charge is 0.241 e. The lowest BCUT2D eigenvalue weighted by Crippen LogP contribution is -2.40. The molecule has 1 aromatic rings. The summed E-state index contributed by atoms with van der Waals surface area (Å²) in [5.74, 6) is -0.000324. The van der Waals surface area contributed by atoms with Crippen molar-refractivity contribution in [2.24, 2.45) is 0 Å². The molecule has 0 bridgehead atoms. The summed E-state index contributed by atoms with van der Waals surface area (Å²) in [7, 11) is 1.96. The third kappa shape index (κ3) is 3.74. The zero-order chi connectivity index (χ0) is 13.7. The van der Waals surface area contributed by atoms with E-state index in [4.69, 9.17) is 5.73 Å². The number of hydrogen-bond acceptors (Lipinski definition) is 3. The third-order valence-electron chi connectivity index (χ3n) is 3.14. The number of likely N-dealkylation sites (N-methyl/N-ethyl adjacent to an activating group) is 1. The standard InChI is InChI=1S/C14H23N3O/c1-5-8-17(4)11(3)14(18)16-13-9-12(15)7-6-10(13)2/h6-7,9,11H,5,8,15H2,1-4H3,(H,16,18). The summed E-state index contributed by atoms with van der Waals surface area (Å²) in [5, 5.41) is 2.93. The summed E-state index contributed by atoms with van der Waals surface area (Å²) in [6.07, 6.45) is 1.03. The molecule has 0 fully saturated rings. The Morgan fingerprint density at radius 3 is 2.78 bits per heavy atom. The van der Waals surface area contributed by atoms with E-state index in [1.807, 2.05) is 37.9 Å². The van der Waals surface area contributed by atoms with Crippen molar-refractivity contribution in [3.8, 4) is 0 Å². The van der Waals surface area contributed by atoms with Crippen molar-refractivity contribution >= 4 is 17.3 Å². The van der Waals surface area contributed by atoms with Crippen LogP contribution < -0.4 is 11.1 Å². The minimum Gasteiger partial charge on any atom is -0.399 e. The van der Waals surface area contributed by atoms with Gasteiger partial charge in [-0.1, -0.05) is 13.0 Å². The van der Waals surface area contributed by atoms with Gasteiger partial charge in [0.15, 0.2) is 0 Å². The number of carbonyl (C=O) groups excluding carboxylic acids is 1. The fourth-order valence-electron chi connectivity index (χ4n) is 1.76. The topological polar surface area (TPSA) is 58.4 Å². The van der Waals surface area contributed by atoms with Gasteiger partial charge in [0.1, 0.15) is 0 Å². The van der Waals surface area contributed by atoms with Gasteiger partial charge < -0.3 is 11.1 Å². The second-order valence-corrected chi connectivity index (χ2v) is 4.72. The Balaban J connectivity index is 2.72. The normalized spacial score (nSPS) is 12.5. The van der Waals surface area contributed by atoms with Crippen molar-refractivity contribution in [2.45, 2.75) is 33.2 Å². The van der Waals surface area contributed by atoms with Crippen molar-refractivity contribution in [3.05, 3.63) is 23.8 Å². The summed E-state index contributed by atoms with van der Waals surface area (Å²) in [5.41, 5.74) is 8.19. The largest absolute Gasteiger partial charge is 0.399 e. The van der Waals surface area contributed by atoms with Gasteiger partial charge in [0.05, 0.1) is 6.04 Å². The number of nitrogens with one attached hydrogen (secondary N) is 1. The second kappa shape index (κ2) is 6.40. The first-order valence-corrected chi connectivity index (χ1v) is 6.33. The van der Waals surface area contributed by atoms with Gasteiger partial charge in [-0.05, 0) is 51.6 Å². The molecule has 3 N–H and O–H groups in total. The molecule has 0 aliphatic heterocycles. The molecule has 0 heterocycles. The van der Waals surface area contributed by atoms with E-state index in [9.17, 15) is 4.79 Å². The van der Waals surface area contributed by atoms with E-state index in [0.29, 0.717) is 5.69 Å². The number of aryl methyl sites for hydroxylation is 1. The number of nitrogens with two attached hydrogens (primary N) is 1. The van der Waals surface area contributed by atoms with Gasteiger partial charge in [-0.25, -0.2) is 0 Å². The number of anilines is 2. The molecule has 1 rings (SSSR count). The molecule has 4 nitrogen and oxygen atoms in total. The SMILES string of the molecule is CCCN(C)C(C)C(=O)Nc1cc(N)ccc1C. The molecule has 0 aliphatic rings.